The minimum Gasteiger partial charge on any atom is -0.366 e. The van der Waals surface area contributed by atoms with Crippen LogP contribution in [-0.2, 0) is 4.79 Å². The van der Waals surface area contributed by atoms with E-state index < -0.39 is 5.91 Å². The summed E-state index contributed by atoms with van der Waals surface area (Å²) >= 11 is 0. The van der Waals surface area contributed by atoms with Crippen molar-refractivity contribution in [2.75, 3.05) is 0 Å². The van der Waals surface area contributed by atoms with Crippen LogP contribution in [0, 0.1) is 0 Å². The van der Waals surface area contributed by atoms with Crippen molar-refractivity contribution in [2.24, 2.45) is 5.73 Å². The van der Waals surface area contributed by atoms with Crippen molar-refractivity contribution in [3.63, 3.8) is 0 Å². The summed E-state index contributed by atoms with van der Waals surface area (Å²) in [6, 6.07) is 0. The molecule has 0 saturated heterocycles. The standard InChI is InChI=1S/C12H19NO/c1-2-3-4-5-6-7-8-9-10-11-12(13)14/h2-3,8-11H,4-7H2,1H3,(H2,13,14). The van der Waals surface area contributed by atoms with Crippen molar-refractivity contribution < 1.29 is 4.79 Å². The molecule has 0 aliphatic carbocycles. The van der Waals surface area contributed by atoms with Gasteiger partial charge in [0.15, 0.2) is 0 Å². The van der Waals surface area contributed by atoms with Crippen LogP contribution in [0.1, 0.15) is 32.6 Å². The van der Waals surface area contributed by atoms with Crippen molar-refractivity contribution in [1.29, 1.82) is 0 Å². The van der Waals surface area contributed by atoms with E-state index in [4.69, 9.17) is 5.73 Å². The third-order valence-electron chi connectivity index (χ3n) is 1.73. The fourth-order valence-electron chi connectivity index (χ4n) is 1.02. The van der Waals surface area contributed by atoms with Crippen LogP contribution in [0.25, 0.3) is 0 Å². The molecule has 78 valence electrons. The molecule has 2 N–H and O–H groups in total. The molecular formula is C12H19NO. The van der Waals surface area contributed by atoms with Gasteiger partial charge in [-0.3, -0.25) is 4.79 Å². The fraction of sp³-hybridized carbons (Fsp3) is 0.417. The molecule has 1 amide bonds. The molecule has 2 heteroatoms. The molecule has 0 atom stereocenters. The Morgan fingerprint density at radius 1 is 1.14 bits per heavy atom. The van der Waals surface area contributed by atoms with E-state index in [0.717, 1.165) is 12.8 Å². The van der Waals surface area contributed by atoms with Gasteiger partial charge in [0, 0.05) is 6.08 Å². The Morgan fingerprint density at radius 2 is 1.79 bits per heavy atom. The Morgan fingerprint density at radius 3 is 2.36 bits per heavy atom. The van der Waals surface area contributed by atoms with Crippen LogP contribution in [0.3, 0.4) is 0 Å². The summed E-state index contributed by atoms with van der Waals surface area (Å²) in [5.74, 6) is -0.400. The maximum atomic E-state index is 10.3. The normalized spacial score (nSPS) is 12.1. The minimum atomic E-state index is -0.400. The number of carbonyl (C=O) groups is 1. The van der Waals surface area contributed by atoms with Crippen molar-refractivity contribution in [3.05, 3.63) is 36.5 Å². The molecule has 0 aromatic carbocycles. The van der Waals surface area contributed by atoms with Gasteiger partial charge < -0.3 is 5.73 Å². The zero-order valence-corrected chi connectivity index (χ0v) is 8.78. The first-order valence-corrected chi connectivity index (χ1v) is 5.01. The van der Waals surface area contributed by atoms with Gasteiger partial charge >= 0.3 is 0 Å². The summed E-state index contributed by atoms with van der Waals surface area (Å²) < 4.78 is 0. The van der Waals surface area contributed by atoms with Crippen LogP contribution in [0.5, 0.6) is 0 Å². The van der Waals surface area contributed by atoms with Crippen molar-refractivity contribution in [2.45, 2.75) is 32.6 Å². The number of carbonyl (C=O) groups excluding carboxylic acids is 1. The first-order chi connectivity index (χ1) is 6.77. The SMILES string of the molecule is CC=CCCCCC=CC=CC(N)=O. The molecule has 0 saturated carbocycles. The second-order valence-electron chi connectivity index (χ2n) is 3.04. The number of allylic oxidation sites excluding steroid dienone is 5. The predicted molar refractivity (Wildman–Crippen MR) is 60.8 cm³/mol. The van der Waals surface area contributed by atoms with Crippen LogP contribution in [0.2, 0.25) is 0 Å². The van der Waals surface area contributed by atoms with Crippen LogP contribution in [-0.4, -0.2) is 5.91 Å². The third-order valence-corrected chi connectivity index (χ3v) is 1.73. The van der Waals surface area contributed by atoms with E-state index >= 15 is 0 Å². The molecule has 14 heavy (non-hydrogen) atoms. The lowest BCUT2D eigenvalue weighted by molar-refractivity contribution is -0.113. The molecule has 0 aliphatic heterocycles. The Hall–Kier alpha value is -1.31. The average molecular weight is 193 g/mol. The summed E-state index contributed by atoms with van der Waals surface area (Å²) in [6.45, 7) is 2.04. The monoisotopic (exact) mass is 193 g/mol. The first-order valence-electron chi connectivity index (χ1n) is 5.01. The van der Waals surface area contributed by atoms with Crippen LogP contribution < -0.4 is 5.73 Å². The first kappa shape index (κ1) is 12.7. The number of unbranched alkanes of at least 4 members (excludes halogenated alkanes) is 3. The molecule has 0 fully saturated rings. The van der Waals surface area contributed by atoms with Gasteiger partial charge in [0.2, 0.25) is 5.91 Å². The number of rotatable bonds is 7. The molecule has 2 nitrogen and oxygen atoms in total. The summed E-state index contributed by atoms with van der Waals surface area (Å²) in [5, 5.41) is 0. The molecule has 0 unspecified atom stereocenters. The molecular weight excluding hydrogens is 174 g/mol. The van der Waals surface area contributed by atoms with Crippen LogP contribution in [0.15, 0.2) is 36.5 Å². The number of amides is 1. The Balaban J connectivity index is 3.31. The van der Waals surface area contributed by atoms with E-state index in [2.05, 4.69) is 18.2 Å². The lowest BCUT2D eigenvalue weighted by Gasteiger charge is -1.91. The molecule has 0 heterocycles. The van der Waals surface area contributed by atoms with Gasteiger partial charge in [-0.2, -0.15) is 0 Å². The second-order valence-corrected chi connectivity index (χ2v) is 3.04. The van der Waals surface area contributed by atoms with Gasteiger partial charge in [-0.1, -0.05) is 30.4 Å². The highest BCUT2D eigenvalue weighted by Crippen LogP contribution is 2.01. The number of hydrogen-bond donors (Lipinski definition) is 1. The van der Waals surface area contributed by atoms with E-state index in [1.807, 2.05) is 13.0 Å². The topological polar surface area (TPSA) is 43.1 Å². The zero-order chi connectivity index (χ0) is 10.6. The van der Waals surface area contributed by atoms with Crippen LogP contribution >= 0.6 is 0 Å². The molecule has 0 aliphatic rings. The fourth-order valence-corrected chi connectivity index (χ4v) is 1.02. The molecule has 0 radical (unpaired) electrons. The van der Waals surface area contributed by atoms with Gasteiger partial charge in [0.25, 0.3) is 0 Å². The molecule has 0 bridgehead atoms. The number of primary amides is 1. The van der Waals surface area contributed by atoms with E-state index in [0.29, 0.717) is 0 Å². The van der Waals surface area contributed by atoms with Gasteiger partial charge in [0.1, 0.15) is 0 Å². The van der Waals surface area contributed by atoms with Gasteiger partial charge in [0.05, 0.1) is 0 Å². The van der Waals surface area contributed by atoms with Gasteiger partial charge in [-0.05, 0) is 32.6 Å². The van der Waals surface area contributed by atoms with E-state index in [9.17, 15) is 4.79 Å². The molecule has 0 spiro atoms. The predicted octanol–water partition coefficient (Wildman–Crippen LogP) is 2.72. The maximum absolute atomic E-state index is 10.3. The molecule has 0 aromatic rings. The lowest BCUT2D eigenvalue weighted by atomic mass is 10.2. The largest absolute Gasteiger partial charge is 0.366 e. The highest BCUT2D eigenvalue weighted by molar-refractivity contribution is 5.85. The van der Waals surface area contributed by atoms with Gasteiger partial charge in [-0.25, -0.2) is 0 Å². The Kier molecular flexibility index (Phi) is 8.86. The molecule has 0 aromatic heterocycles. The Labute approximate surface area is 86.2 Å². The number of hydrogen-bond acceptors (Lipinski definition) is 1. The highest BCUT2D eigenvalue weighted by Gasteiger charge is 1.82. The van der Waals surface area contributed by atoms with Crippen molar-refractivity contribution in [3.8, 4) is 0 Å². The van der Waals surface area contributed by atoms with E-state index in [1.165, 1.54) is 18.9 Å². The zero-order valence-electron chi connectivity index (χ0n) is 8.78. The minimum absolute atomic E-state index is 0.400. The Bertz CT molecular complexity index is 226. The quantitative estimate of drug-likeness (QED) is 0.287. The van der Waals surface area contributed by atoms with E-state index in [1.54, 1.807) is 6.08 Å². The third kappa shape index (κ3) is 10.7. The van der Waals surface area contributed by atoms with Crippen LogP contribution in [0.4, 0.5) is 0 Å². The second kappa shape index (κ2) is 9.78. The van der Waals surface area contributed by atoms with Crippen molar-refractivity contribution >= 4 is 5.91 Å². The number of nitrogens with two attached hydrogens (primary N) is 1. The van der Waals surface area contributed by atoms with Crippen molar-refractivity contribution in [1.82, 2.24) is 0 Å². The summed E-state index contributed by atoms with van der Waals surface area (Å²) in [5.41, 5.74) is 4.92. The van der Waals surface area contributed by atoms with E-state index in [-0.39, 0.29) is 0 Å². The smallest absolute Gasteiger partial charge is 0.241 e. The summed E-state index contributed by atoms with van der Waals surface area (Å²) in [4.78, 5) is 10.3. The average Bonchev–Trinajstić information content (AvgIpc) is 2.15. The summed E-state index contributed by atoms with van der Waals surface area (Å²) in [7, 11) is 0. The lowest BCUT2D eigenvalue weighted by Crippen LogP contribution is -2.04. The summed E-state index contributed by atoms with van der Waals surface area (Å²) in [6.07, 6.45) is 15.8. The molecule has 0 rings (SSSR count). The maximum Gasteiger partial charge on any atom is 0.241 e. The van der Waals surface area contributed by atoms with Gasteiger partial charge in [-0.15, -0.1) is 0 Å². The highest BCUT2D eigenvalue weighted by atomic mass is 16.1.